The number of aryl methyl sites for hydroxylation is 5. The minimum atomic E-state index is 0.810. The first-order valence-electron chi connectivity index (χ1n) is 6.51. The van der Waals surface area contributed by atoms with E-state index in [0.29, 0.717) is 0 Å². The van der Waals surface area contributed by atoms with Gasteiger partial charge in [-0.1, -0.05) is 17.7 Å². The summed E-state index contributed by atoms with van der Waals surface area (Å²) in [5.41, 5.74) is 7.88. The molecule has 0 aliphatic rings. The summed E-state index contributed by atoms with van der Waals surface area (Å²) >= 11 is 0. The van der Waals surface area contributed by atoms with Crippen LogP contribution in [-0.2, 0) is 0 Å². The van der Waals surface area contributed by atoms with E-state index in [1.807, 2.05) is 24.4 Å². The van der Waals surface area contributed by atoms with Crippen molar-refractivity contribution in [3.63, 3.8) is 0 Å². The molecule has 0 amide bonds. The van der Waals surface area contributed by atoms with Gasteiger partial charge in [0.15, 0.2) is 0 Å². The molecule has 2 aromatic heterocycles. The maximum absolute atomic E-state index is 5.81. The van der Waals surface area contributed by atoms with Crippen LogP contribution in [0.2, 0.25) is 0 Å². The SMILES string of the molecule is Cc1cc(C)c(-c2c(C)oc3cc(C)nn23)c(C)c1. The van der Waals surface area contributed by atoms with E-state index in [9.17, 15) is 0 Å². The van der Waals surface area contributed by atoms with Gasteiger partial charge in [0.1, 0.15) is 11.5 Å². The molecule has 0 spiro atoms. The molecule has 3 rings (SSSR count). The van der Waals surface area contributed by atoms with Crippen LogP contribution >= 0.6 is 0 Å². The summed E-state index contributed by atoms with van der Waals surface area (Å²) in [5.74, 6) is 0.914. The van der Waals surface area contributed by atoms with Crippen molar-refractivity contribution in [1.29, 1.82) is 0 Å². The summed E-state index contributed by atoms with van der Waals surface area (Å²) in [7, 11) is 0. The minimum Gasteiger partial charge on any atom is -0.441 e. The molecule has 3 heteroatoms. The van der Waals surface area contributed by atoms with Crippen molar-refractivity contribution >= 4 is 5.71 Å². The molecule has 0 atom stereocenters. The number of rotatable bonds is 1. The fourth-order valence-corrected chi connectivity index (χ4v) is 2.90. The smallest absolute Gasteiger partial charge is 0.222 e. The van der Waals surface area contributed by atoms with Gasteiger partial charge in [-0.05, 0) is 45.7 Å². The highest BCUT2D eigenvalue weighted by molar-refractivity contribution is 5.72. The Morgan fingerprint density at radius 2 is 1.58 bits per heavy atom. The number of hydrogen-bond donors (Lipinski definition) is 0. The van der Waals surface area contributed by atoms with Gasteiger partial charge >= 0.3 is 0 Å². The molecule has 0 aliphatic heterocycles. The van der Waals surface area contributed by atoms with Gasteiger partial charge in [-0.25, -0.2) is 0 Å². The fraction of sp³-hybridized carbons (Fsp3) is 0.312. The lowest BCUT2D eigenvalue weighted by molar-refractivity contribution is 0.573. The van der Waals surface area contributed by atoms with Crippen LogP contribution in [0.1, 0.15) is 28.1 Å². The van der Waals surface area contributed by atoms with Gasteiger partial charge < -0.3 is 4.42 Å². The highest BCUT2D eigenvalue weighted by Crippen LogP contribution is 2.32. The Morgan fingerprint density at radius 1 is 0.947 bits per heavy atom. The topological polar surface area (TPSA) is 30.4 Å². The van der Waals surface area contributed by atoms with Crippen LogP contribution in [0, 0.1) is 34.6 Å². The second-order valence-electron chi connectivity index (χ2n) is 5.32. The van der Waals surface area contributed by atoms with Crippen molar-refractivity contribution in [2.45, 2.75) is 34.6 Å². The van der Waals surface area contributed by atoms with E-state index in [0.717, 1.165) is 22.9 Å². The second kappa shape index (κ2) is 3.98. The molecular weight excluding hydrogens is 236 g/mol. The predicted molar refractivity (Wildman–Crippen MR) is 76.6 cm³/mol. The molecule has 0 radical (unpaired) electrons. The molecule has 0 N–H and O–H groups in total. The Balaban J connectivity index is 2.38. The van der Waals surface area contributed by atoms with Gasteiger partial charge in [-0.3, -0.25) is 0 Å². The number of nitrogens with zero attached hydrogens (tertiary/aromatic N) is 2. The Bertz CT molecular complexity index is 754. The fourth-order valence-electron chi connectivity index (χ4n) is 2.90. The molecule has 3 nitrogen and oxygen atoms in total. The van der Waals surface area contributed by atoms with Crippen molar-refractivity contribution in [3.8, 4) is 11.3 Å². The average molecular weight is 254 g/mol. The first-order chi connectivity index (χ1) is 8.97. The molecule has 1 aromatic carbocycles. The summed E-state index contributed by atoms with van der Waals surface area (Å²) in [4.78, 5) is 0. The summed E-state index contributed by atoms with van der Waals surface area (Å²) < 4.78 is 7.73. The van der Waals surface area contributed by atoms with Crippen molar-refractivity contribution in [2.24, 2.45) is 0 Å². The molecular formula is C16H18N2O. The third-order valence-corrected chi connectivity index (χ3v) is 3.52. The van der Waals surface area contributed by atoms with E-state index >= 15 is 0 Å². The lowest BCUT2D eigenvalue weighted by atomic mass is 9.97. The van der Waals surface area contributed by atoms with Gasteiger partial charge in [0.2, 0.25) is 5.71 Å². The monoisotopic (exact) mass is 254 g/mol. The maximum atomic E-state index is 5.81. The first-order valence-corrected chi connectivity index (χ1v) is 6.51. The summed E-state index contributed by atoms with van der Waals surface area (Å²) in [6.07, 6.45) is 0. The zero-order valence-corrected chi connectivity index (χ0v) is 12.0. The zero-order valence-electron chi connectivity index (χ0n) is 12.0. The van der Waals surface area contributed by atoms with Gasteiger partial charge in [-0.15, -0.1) is 0 Å². The third-order valence-electron chi connectivity index (χ3n) is 3.52. The largest absolute Gasteiger partial charge is 0.441 e. The molecule has 0 saturated carbocycles. The Hall–Kier alpha value is -2.03. The summed E-state index contributed by atoms with van der Waals surface area (Å²) in [6.45, 7) is 10.4. The van der Waals surface area contributed by atoms with Crippen molar-refractivity contribution in [2.75, 3.05) is 0 Å². The van der Waals surface area contributed by atoms with Crippen molar-refractivity contribution in [3.05, 3.63) is 46.3 Å². The molecule has 2 heterocycles. The summed E-state index contributed by atoms with van der Waals surface area (Å²) in [5, 5.41) is 4.54. The number of aromatic nitrogens is 2. The normalized spacial score (nSPS) is 11.4. The van der Waals surface area contributed by atoms with E-state index in [1.165, 1.54) is 22.3 Å². The standard InChI is InChI=1S/C16H18N2O/c1-9-6-10(2)15(11(3)7-9)16-13(5)19-14-8-12(4)17-18(14)16/h6-8H,1-5H3. The quantitative estimate of drug-likeness (QED) is 0.653. The average Bonchev–Trinajstić information content (AvgIpc) is 2.75. The highest BCUT2D eigenvalue weighted by atomic mass is 16.4. The maximum Gasteiger partial charge on any atom is 0.222 e. The number of oxazole rings is 1. The van der Waals surface area contributed by atoms with Gasteiger partial charge in [-0.2, -0.15) is 9.61 Å². The second-order valence-corrected chi connectivity index (χ2v) is 5.32. The highest BCUT2D eigenvalue weighted by Gasteiger charge is 2.18. The number of fused-ring (bicyclic) bond motifs is 1. The van der Waals surface area contributed by atoms with E-state index in [2.05, 4.69) is 38.0 Å². The van der Waals surface area contributed by atoms with Crippen LogP contribution in [0.15, 0.2) is 22.6 Å². The molecule has 0 bridgehead atoms. The van der Waals surface area contributed by atoms with Crippen LogP contribution in [0.5, 0.6) is 0 Å². The Kier molecular flexibility index (Phi) is 2.52. The minimum absolute atomic E-state index is 0.810. The molecule has 19 heavy (non-hydrogen) atoms. The van der Waals surface area contributed by atoms with E-state index in [-0.39, 0.29) is 0 Å². The Morgan fingerprint density at radius 3 is 2.21 bits per heavy atom. The third kappa shape index (κ3) is 1.77. The molecule has 0 unspecified atom stereocenters. The van der Waals surface area contributed by atoms with Crippen molar-refractivity contribution < 1.29 is 4.42 Å². The van der Waals surface area contributed by atoms with Gasteiger partial charge in [0, 0.05) is 11.6 Å². The van der Waals surface area contributed by atoms with Crippen LogP contribution in [0.4, 0.5) is 0 Å². The molecule has 98 valence electrons. The van der Waals surface area contributed by atoms with E-state index in [1.54, 1.807) is 0 Å². The van der Waals surface area contributed by atoms with Crippen molar-refractivity contribution in [1.82, 2.24) is 9.61 Å². The Labute approximate surface area is 112 Å². The van der Waals surface area contributed by atoms with Crippen LogP contribution in [-0.4, -0.2) is 9.61 Å². The van der Waals surface area contributed by atoms with E-state index in [4.69, 9.17) is 4.42 Å². The number of benzene rings is 1. The van der Waals surface area contributed by atoms with Crippen LogP contribution in [0.3, 0.4) is 0 Å². The number of hydrogen-bond acceptors (Lipinski definition) is 2. The van der Waals surface area contributed by atoms with Crippen LogP contribution in [0.25, 0.3) is 17.0 Å². The predicted octanol–water partition coefficient (Wildman–Crippen LogP) is 4.14. The van der Waals surface area contributed by atoms with Gasteiger partial charge in [0.05, 0.1) is 5.69 Å². The lowest BCUT2D eigenvalue weighted by Gasteiger charge is -2.10. The molecule has 0 fully saturated rings. The zero-order chi connectivity index (χ0) is 13.7. The van der Waals surface area contributed by atoms with E-state index < -0.39 is 0 Å². The lowest BCUT2D eigenvalue weighted by Crippen LogP contribution is -1.96. The molecule has 0 aliphatic carbocycles. The van der Waals surface area contributed by atoms with Crippen LogP contribution < -0.4 is 0 Å². The van der Waals surface area contributed by atoms with Gasteiger partial charge in [0.25, 0.3) is 0 Å². The molecule has 3 aromatic rings. The first kappa shape index (κ1) is 12.0. The summed E-state index contributed by atoms with van der Waals surface area (Å²) in [6, 6.07) is 6.38. The molecule has 0 saturated heterocycles.